The van der Waals surface area contributed by atoms with Gasteiger partial charge in [-0.2, -0.15) is 0 Å². The predicted octanol–water partition coefficient (Wildman–Crippen LogP) is 11.6. The average molecular weight is 615 g/mol. The van der Waals surface area contributed by atoms with Gasteiger partial charge in [0.1, 0.15) is 0 Å². The third-order valence-electron chi connectivity index (χ3n) is 9.16. The van der Waals surface area contributed by atoms with Crippen molar-refractivity contribution in [2.75, 3.05) is 5.32 Å². The van der Waals surface area contributed by atoms with Crippen molar-refractivity contribution in [1.29, 1.82) is 0 Å². The minimum Gasteiger partial charge on any atom is -0.353 e. The van der Waals surface area contributed by atoms with Gasteiger partial charge in [0.15, 0.2) is 5.82 Å². The summed E-state index contributed by atoms with van der Waals surface area (Å²) in [4.78, 5) is 10.3. The van der Waals surface area contributed by atoms with Crippen LogP contribution in [0.15, 0.2) is 164 Å². The molecule has 0 radical (unpaired) electrons. The Kier molecular flexibility index (Phi) is 6.58. The van der Waals surface area contributed by atoms with E-state index < -0.39 is 0 Å². The van der Waals surface area contributed by atoms with Crippen LogP contribution in [0.25, 0.3) is 77.9 Å². The number of rotatable bonds is 6. The number of benzene rings is 7. The fraction of sp³-hybridized carbons (Fsp3) is 0. The molecule has 4 nitrogen and oxygen atoms in total. The molecule has 226 valence electrons. The Hall–Kier alpha value is -6.52. The molecule has 0 fully saturated rings. The molecule has 0 spiro atoms. The number of fused-ring (bicyclic) bond motifs is 5. The zero-order valence-electron chi connectivity index (χ0n) is 26.1. The first-order valence-electron chi connectivity index (χ1n) is 16.1. The van der Waals surface area contributed by atoms with E-state index in [1.165, 1.54) is 21.5 Å². The molecule has 9 rings (SSSR count). The van der Waals surface area contributed by atoms with E-state index in [0.29, 0.717) is 5.82 Å². The molecule has 0 amide bonds. The van der Waals surface area contributed by atoms with Gasteiger partial charge in [-0.25, -0.2) is 9.97 Å². The third-order valence-corrected chi connectivity index (χ3v) is 9.16. The van der Waals surface area contributed by atoms with Gasteiger partial charge in [0.25, 0.3) is 0 Å². The molecular weight excluding hydrogens is 585 g/mol. The molecule has 7 aromatic carbocycles. The highest BCUT2D eigenvalue weighted by molar-refractivity contribution is 6.15. The van der Waals surface area contributed by atoms with Gasteiger partial charge in [-0.1, -0.05) is 122 Å². The molecule has 0 aliphatic rings. The van der Waals surface area contributed by atoms with Crippen molar-refractivity contribution in [2.45, 2.75) is 0 Å². The quantitative estimate of drug-likeness (QED) is 0.203. The number of nitrogens with one attached hydrogen (secondary N) is 1. The lowest BCUT2D eigenvalue weighted by atomic mass is 9.99. The van der Waals surface area contributed by atoms with Crippen LogP contribution in [0.4, 0.5) is 11.4 Å². The second-order valence-electron chi connectivity index (χ2n) is 12.0. The van der Waals surface area contributed by atoms with Crippen LogP contribution < -0.4 is 5.32 Å². The molecule has 48 heavy (non-hydrogen) atoms. The Labute approximate surface area is 278 Å². The molecule has 0 unspecified atom stereocenters. The summed E-state index contributed by atoms with van der Waals surface area (Å²) in [6, 6.07) is 55.0. The van der Waals surface area contributed by atoms with E-state index >= 15 is 0 Å². The molecule has 2 heterocycles. The first kappa shape index (κ1) is 27.8. The van der Waals surface area contributed by atoms with E-state index in [1.807, 2.05) is 30.3 Å². The standard InChI is InChI=1S/C44H30N4/c1-2-29-25-28-37-35-18-9-11-22-40(35)48(43(37)41(29)45-32-15-4-3-5-16-32)33-26-23-31(24-27-33)44-46-39-21-10-8-19-38(39)42(47-44)36-20-12-14-30-13-6-7-17-34(30)36/h2-28,45H,1H2. The fourth-order valence-electron chi connectivity index (χ4n) is 6.91. The van der Waals surface area contributed by atoms with Crippen LogP contribution in [0.5, 0.6) is 0 Å². The number of para-hydroxylation sites is 3. The Bertz CT molecular complexity index is 2650. The van der Waals surface area contributed by atoms with Crippen LogP contribution in [0, 0.1) is 0 Å². The van der Waals surface area contributed by atoms with Gasteiger partial charge in [-0.15, -0.1) is 0 Å². The number of anilines is 2. The highest BCUT2D eigenvalue weighted by Gasteiger charge is 2.19. The normalized spacial score (nSPS) is 11.4. The largest absolute Gasteiger partial charge is 0.353 e. The van der Waals surface area contributed by atoms with Gasteiger partial charge in [0.05, 0.1) is 27.9 Å². The Morgan fingerprint density at radius 3 is 2.10 bits per heavy atom. The average Bonchev–Trinajstić information content (AvgIpc) is 3.49. The summed E-state index contributed by atoms with van der Waals surface area (Å²) in [6.45, 7) is 4.15. The lowest BCUT2D eigenvalue weighted by molar-refractivity contribution is 1.17. The van der Waals surface area contributed by atoms with Crippen molar-refractivity contribution in [3.63, 3.8) is 0 Å². The van der Waals surface area contributed by atoms with Gasteiger partial charge in [-0.3, -0.25) is 0 Å². The maximum atomic E-state index is 5.23. The van der Waals surface area contributed by atoms with Crippen LogP contribution in [-0.4, -0.2) is 14.5 Å². The van der Waals surface area contributed by atoms with Crippen LogP contribution in [-0.2, 0) is 0 Å². The van der Waals surface area contributed by atoms with Crippen LogP contribution in [0.3, 0.4) is 0 Å². The van der Waals surface area contributed by atoms with Crippen molar-refractivity contribution in [3.8, 4) is 28.3 Å². The number of nitrogens with zero attached hydrogens (tertiary/aromatic N) is 3. The van der Waals surface area contributed by atoms with Gasteiger partial charge in [-0.05, 0) is 64.9 Å². The molecular formula is C44H30N4. The molecule has 0 atom stereocenters. The molecule has 0 bridgehead atoms. The van der Waals surface area contributed by atoms with E-state index in [4.69, 9.17) is 9.97 Å². The maximum absolute atomic E-state index is 5.23. The molecule has 2 aromatic heterocycles. The first-order chi connectivity index (χ1) is 23.8. The Balaban J connectivity index is 1.22. The minimum absolute atomic E-state index is 0.700. The molecule has 0 aliphatic heterocycles. The number of hydrogen-bond donors (Lipinski definition) is 1. The SMILES string of the molecule is C=Cc1ccc2c3ccccc3n(-c3ccc(-c4nc(-c5cccc6ccccc56)c5ccccc5n4)cc3)c2c1Nc1ccccc1. The van der Waals surface area contributed by atoms with E-state index in [1.54, 1.807) is 0 Å². The van der Waals surface area contributed by atoms with Gasteiger partial charge in [0.2, 0.25) is 0 Å². The van der Waals surface area contributed by atoms with Crippen molar-refractivity contribution in [3.05, 3.63) is 170 Å². The van der Waals surface area contributed by atoms with Gasteiger partial charge >= 0.3 is 0 Å². The smallest absolute Gasteiger partial charge is 0.160 e. The molecule has 1 N–H and O–H groups in total. The van der Waals surface area contributed by atoms with Crippen LogP contribution in [0.2, 0.25) is 0 Å². The molecule has 9 aromatic rings. The second kappa shape index (κ2) is 11.4. The van der Waals surface area contributed by atoms with E-state index in [-0.39, 0.29) is 0 Å². The second-order valence-corrected chi connectivity index (χ2v) is 12.0. The summed E-state index contributed by atoms with van der Waals surface area (Å²) in [5.74, 6) is 0.700. The lowest BCUT2D eigenvalue weighted by Gasteiger charge is -2.16. The van der Waals surface area contributed by atoms with Crippen LogP contribution >= 0.6 is 0 Å². The Morgan fingerprint density at radius 1 is 0.562 bits per heavy atom. The van der Waals surface area contributed by atoms with Gasteiger partial charge < -0.3 is 9.88 Å². The van der Waals surface area contributed by atoms with Crippen molar-refractivity contribution in [2.24, 2.45) is 0 Å². The molecule has 0 saturated carbocycles. The zero-order valence-corrected chi connectivity index (χ0v) is 26.1. The highest BCUT2D eigenvalue weighted by Crippen LogP contribution is 2.40. The molecule has 0 aliphatic carbocycles. The van der Waals surface area contributed by atoms with Crippen molar-refractivity contribution >= 4 is 60.9 Å². The third kappa shape index (κ3) is 4.54. The fourth-order valence-corrected chi connectivity index (χ4v) is 6.91. The summed E-state index contributed by atoms with van der Waals surface area (Å²) < 4.78 is 2.34. The number of aromatic nitrogens is 3. The number of hydrogen-bond acceptors (Lipinski definition) is 3. The summed E-state index contributed by atoms with van der Waals surface area (Å²) in [7, 11) is 0. The zero-order chi connectivity index (χ0) is 32.0. The van der Waals surface area contributed by atoms with E-state index in [0.717, 1.165) is 61.4 Å². The first-order valence-corrected chi connectivity index (χ1v) is 16.1. The Morgan fingerprint density at radius 2 is 1.27 bits per heavy atom. The highest BCUT2D eigenvalue weighted by atomic mass is 15.0. The lowest BCUT2D eigenvalue weighted by Crippen LogP contribution is -2.00. The van der Waals surface area contributed by atoms with Gasteiger partial charge in [0, 0.05) is 38.7 Å². The van der Waals surface area contributed by atoms with E-state index in [9.17, 15) is 0 Å². The minimum atomic E-state index is 0.700. The van der Waals surface area contributed by atoms with Crippen LogP contribution in [0.1, 0.15) is 5.56 Å². The summed E-state index contributed by atoms with van der Waals surface area (Å²) >= 11 is 0. The van der Waals surface area contributed by atoms with Crippen molar-refractivity contribution in [1.82, 2.24) is 14.5 Å². The molecule has 4 heteroatoms. The monoisotopic (exact) mass is 614 g/mol. The van der Waals surface area contributed by atoms with E-state index in [2.05, 4.69) is 150 Å². The molecule has 0 saturated heterocycles. The summed E-state index contributed by atoms with van der Waals surface area (Å²) in [5.41, 5.74) is 10.3. The predicted molar refractivity (Wildman–Crippen MR) is 202 cm³/mol. The maximum Gasteiger partial charge on any atom is 0.160 e. The van der Waals surface area contributed by atoms with Crippen molar-refractivity contribution < 1.29 is 0 Å². The topological polar surface area (TPSA) is 42.7 Å². The summed E-state index contributed by atoms with van der Waals surface area (Å²) in [6.07, 6.45) is 1.92. The summed E-state index contributed by atoms with van der Waals surface area (Å²) in [5, 5.41) is 9.49.